The molecular formula is C5H8FN3. The number of aryl methyl sites for hydroxylation is 1. The monoisotopic (exact) mass is 129 g/mol. The van der Waals surface area contributed by atoms with E-state index in [0.717, 1.165) is 0 Å². The molecule has 0 N–H and O–H groups in total. The molecule has 1 aromatic rings. The summed E-state index contributed by atoms with van der Waals surface area (Å²) in [7, 11) is 0. The van der Waals surface area contributed by atoms with Gasteiger partial charge in [0.2, 0.25) is 0 Å². The van der Waals surface area contributed by atoms with Gasteiger partial charge in [-0.3, -0.25) is 0 Å². The number of hydrogen-bond donors (Lipinski definition) is 0. The van der Waals surface area contributed by atoms with Gasteiger partial charge in [0.05, 0.1) is 5.69 Å². The Bertz CT molecular complexity index is 206. The molecule has 1 rings (SSSR count). The van der Waals surface area contributed by atoms with Crippen molar-refractivity contribution in [3.05, 3.63) is 11.6 Å². The first-order chi connectivity index (χ1) is 4.25. The average Bonchev–Trinajstić information content (AvgIpc) is 2.15. The second kappa shape index (κ2) is 2.13. The summed E-state index contributed by atoms with van der Waals surface area (Å²) in [6.07, 6.45) is 0. The molecule has 4 heteroatoms. The second-order valence-electron chi connectivity index (χ2n) is 1.78. The smallest absolute Gasteiger partial charge is 0.247 e. The van der Waals surface area contributed by atoms with Crippen LogP contribution in [-0.4, -0.2) is 15.0 Å². The van der Waals surface area contributed by atoms with Gasteiger partial charge in [-0.1, -0.05) is 10.3 Å². The van der Waals surface area contributed by atoms with E-state index < -0.39 is 5.95 Å². The summed E-state index contributed by atoms with van der Waals surface area (Å²) in [6.45, 7) is 4.21. The van der Waals surface area contributed by atoms with Gasteiger partial charge in [-0.2, -0.15) is 4.39 Å². The van der Waals surface area contributed by atoms with Gasteiger partial charge < -0.3 is 0 Å². The predicted molar refractivity (Wildman–Crippen MR) is 30.4 cm³/mol. The molecule has 0 saturated carbocycles. The molecular weight excluding hydrogens is 121 g/mol. The van der Waals surface area contributed by atoms with Gasteiger partial charge in [0.15, 0.2) is 0 Å². The minimum absolute atomic E-state index is 0.475. The Labute approximate surface area is 52.5 Å². The highest BCUT2D eigenvalue weighted by Gasteiger charge is 2.03. The van der Waals surface area contributed by atoms with E-state index in [1.807, 2.05) is 6.92 Å². The highest BCUT2D eigenvalue weighted by molar-refractivity contribution is 4.91. The van der Waals surface area contributed by atoms with E-state index in [2.05, 4.69) is 10.3 Å². The zero-order valence-corrected chi connectivity index (χ0v) is 5.43. The zero-order chi connectivity index (χ0) is 6.85. The van der Waals surface area contributed by atoms with Gasteiger partial charge in [0.1, 0.15) is 0 Å². The summed E-state index contributed by atoms with van der Waals surface area (Å²) >= 11 is 0. The molecule has 1 heterocycles. The second-order valence-corrected chi connectivity index (χ2v) is 1.78. The predicted octanol–water partition coefficient (Wildman–Crippen LogP) is 0.746. The molecule has 50 valence electrons. The Hall–Kier alpha value is -0.930. The van der Waals surface area contributed by atoms with Crippen molar-refractivity contribution in [2.75, 3.05) is 0 Å². The summed E-state index contributed by atoms with van der Waals surface area (Å²) in [5.74, 6) is -0.475. The van der Waals surface area contributed by atoms with E-state index in [4.69, 9.17) is 0 Å². The molecule has 0 atom stereocenters. The number of nitrogens with zero attached hydrogens (tertiary/aromatic N) is 3. The average molecular weight is 129 g/mol. The van der Waals surface area contributed by atoms with E-state index in [9.17, 15) is 4.39 Å². The van der Waals surface area contributed by atoms with Gasteiger partial charge in [0.25, 0.3) is 5.95 Å². The van der Waals surface area contributed by atoms with E-state index in [0.29, 0.717) is 12.2 Å². The van der Waals surface area contributed by atoms with Crippen molar-refractivity contribution in [3.8, 4) is 0 Å². The van der Waals surface area contributed by atoms with Crippen molar-refractivity contribution in [3.63, 3.8) is 0 Å². The molecule has 0 aliphatic carbocycles. The molecule has 0 saturated heterocycles. The first-order valence-electron chi connectivity index (χ1n) is 2.81. The summed E-state index contributed by atoms with van der Waals surface area (Å²) in [5, 5.41) is 6.76. The summed E-state index contributed by atoms with van der Waals surface area (Å²) in [4.78, 5) is 0. The fourth-order valence-corrected chi connectivity index (χ4v) is 0.640. The molecule has 0 spiro atoms. The van der Waals surface area contributed by atoms with Crippen LogP contribution in [0.25, 0.3) is 0 Å². The van der Waals surface area contributed by atoms with Crippen molar-refractivity contribution >= 4 is 0 Å². The van der Waals surface area contributed by atoms with E-state index in [-0.39, 0.29) is 0 Å². The van der Waals surface area contributed by atoms with Crippen molar-refractivity contribution in [1.82, 2.24) is 15.0 Å². The number of halogens is 1. The van der Waals surface area contributed by atoms with Crippen LogP contribution in [-0.2, 0) is 6.54 Å². The van der Waals surface area contributed by atoms with Gasteiger partial charge in [0, 0.05) is 6.54 Å². The number of rotatable bonds is 1. The Balaban J connectivity index is 3.04. The van der Waals surface area contributed by atoms with E-state index in [1.54, 1.807) is 6.92 Å². The zero-order valence-electron chi connectivity index (χ0n) is 5.43. The summed E-state index contributed by atoms with van der Waals surface area (Å²) < 4.78 is 13.8. The molecule has 3 nitrogen and oxygen atoms in total. The Kier molecular flexibility index (Phi) is 1.46. The van der Waals surface area contributed by atoms with Crippen molar-refractivity contribution < 1.29 is 4.39 Å². The molecule has 0 fully saturated rings. The van der Waals surface area contributed by atoms with Crippen molar-refractivity contribution in [2.24, 2.45) is 0 Å². The van der Waals surface area contributed by atoms with Crippen LogP contribution < -0.4 is 0 Å². The normalized spacial score (nSPS) is 10.1. The number of aromatic nitrogens is 3. The highest BCUT2D eigenvalue weighted by Crippen LogP contribution is 1.98. The van der Waals surface area contributed by atoms with E-state index >= 15 is 0 Å². The SMILES string of the molecule is CCn1nnc(F)c1C. The molecule has 0 aromatic carbocycles. The quantitative estimate of drug-likeness (QED) is 0.560. The Morgan fingerprint density at radius 3 is 2.56 bits per heavy atom. The standard InChI is InChI=1S/C5H8FN3/c1-3-9-4(2)5(6)7-8-9/h3H2,1-2H3. The third-order valence-corrected chi connectivity index (χ3v) is 1.23. The van der Waals surface area contributed by atoms with Crippen LogP contribution in [0, 0.1) is 12.9 Å². The third-order valence-electron chi connectivity index (χ3n) is 1.23. The molecule has 9 heavy (non-hydrogen) atoms. The highest BCUT2D eigenvalue weighted by atomic mass is 19.1. The fourth-order valence-electron chi connectivity index (χ4n) is 0.640. The van der Waals surface area contributed by atoms with Gasteiger partial charge in [-0.05, 0) is 13.8 Å². The molecule has 0 bridgehead atoms. The molecule has 0 aliphatic rings. The van der Waals surface area contributed by atoms with Crippen LogP contribution in [0.1, 0.15) is 12.6 Å². The van der Waals surface area contributed by atoms with Gasteiger partial charge in [-0.25, -0.2) is 4.68 Å². The van der Waals surface area contributed by atoms with Crippen LogP contribution in [0.15, 0.2) is 0 Å². The maximum atomic E-state index is 12.3. The van der Waals surface area contributed by atoms with Gasteiger partial charge in [-0.15, -0.1) is 0 Å². The minimum Gasteiger partial charge on any atom is -0.247 e. The Morgan fingerprint density at radius 1 is 1.67 bits per heavy atom. The van der Waals surface area contributed by atoms with Crippen LogP contribution in [0.3, 0.4) is 0 Å². The molecule has 0 amide bonds. The molecule has 1 aromatic heterocycles. The van der Waals surface area contributed by atoms with Crippen LogP contribution in [0.5, 0.6) is 0 Å². The minimum atomic E-state index is -0.475. The van der Waals surface area contributed by atoms with Gasteiger partial charge >= 0.3 is 0 Å². The van der Waals surface area contributed by atoms with Crippen molar-refractivity contribution in [2.45, 2.75) is 20.4 Å². The van der Waals surface area contributed by atoms with E-state index in [1.165, 1.54) is 4.68 Å². The number of hydrogen-bond acceptors (Lipinski definition) is 2. The van der Waals surface area contributed by atoms with Crippen molar-refractivity contribution in [1.29, 1.82) is 0 Å². The molecule has 0 unspecified atom stereocenters. The summed E-state index contributed by atoms with van der Waals surface area (Å²) in [5.41, 5.74) is 0.498. The lowest BCUT2D eigenvalue weighted by Crippen LogP contribution is -1.98. The summed E-state index contributed by atoms with van der Waals surface area (Å²) in [6, 6.07) is 0. The lowest BCUT2D eigenvalue weighted by atomic mass is 10.5. The molecule has 0 radical (unpaired) electrons. The lowest BCUT2D eigenvalue weighted by molar-refractivity contribution is 0.572. The maximum Gasteiger partial charge on any atom is 0.255 e. The molecule has 0 aliphatic heterocycles. The maximum absolute atomic E-state index is 12.3. The lowest BCUT2D eigenvalue weighted by Gasteiger charge is -1.92. The Morgan fingerprint density at radius 2 is 2.33 bits per heavy atom. The third kappa shape index (κ3) is 0.918. The van der Waals surface area contributed by atoms with Crippen LogP contribution in [0.4, 0.5) is 4.39 Å². The fraction of sp³-hybridized carbons (Fsp3) is 0.600. The first-order valence-corrected chi connectivity index (χ1v) is 2.81. The topological polar surface area (TPSA) is 30.7 Å². The van der Waals surface area contributed by atoms with Crippen LogP contribution in [0.2, 0.25) is 0 Å². The first kappa shape index (κ1) is 6.19. The largest absolute Gasteiger partial charge is 0.255 e. The van der Waals surface area contributed by atoms with Crippen LogP contribution >= 0.6 is 0 Å².